The van der Waals surface area contributed by atoms with Crippen LogP contribution in [-0.2, 0) is 9.84 Å². The number of thiocarbonyl (C=S) groups is 1. The molecular weight excluding hydrogens is 260 g/mol. The lowest BCUT2D eigenvalue weighted by atomic mass is 10.2. The van der Waals surface area contributed by atoms with Crippen LogP contribution in [0, 0.1) is 0 Å². The highest BCUT2D eigenvalue weighted by atomic mass is 32.2. The fourth-order valence-electron chi connectivity index (χ4n) is 1.67. The van der Waals surface area contributed by atoms with Crippen LogP contribution in [0.2, 0.25) is 0 Å². The Kier molecular flexibility index (Phi) is 3.25. The Balaban J connectivity index is 2.27. The average molecular weight is 272 g/mol. The molecule has 2 rings (SSSR count). The van der Waals surface area contributed by atoms with Gasteiger partial charge >= 0.3 is 0 Å². The number of aromatic nitrogens is 2. The van der Waals surface area contributed by atoms with Gasteiger partial charge in [-0.05, 0) is 6.07 Å². The molecule has 0 spiro atoms. The van der Waals surface area contributed by atoms with E-state index < -0.39 is 9.84 Å². The summed E-state index contributed by atoms with van der Waals surface area (Å²) in [5.74, 6) is 0.815. The van der Waals surface area contributed by atoms with Crippen molar-refractivity contribution < 1.29 is 8.42 Å². The van der Waals surface area contributed by atoms with Crippen molar-refractivity contribution in [3.05, 3.63) is 17.8 Å². The minimum Gasteiger partial charge on any atom is -0.389 e. The summed E-state index contributed by atoms with van der Waals surface area (Å²) in [5, 5.41) is 7.77. The molecule has 0 atom stereocenters. The Labute approximate surface area is 105 Å². The van der Waals surface area contributed by atoms with E-state index in [1.165, 1.54) is 6.20 Å². The fraction of sp³-hybridized carbons (Fsp3) is 0.444. The van der Waals surface area contributed by atoms with Crippen LogP contribution in [-0.4, -0.2) is 48.2 Å². The Morgan fingerprint density at radius 3 is 2.65 bits per heavy atom. The first kappa shape index (κ1) is 12.2. The van der Waals surface area contributed by atoms with Crippen LogP contribution in [0.1, 0.15) is 5.56 Å². The molecule has 0 saturated carbocycles. The van der Waals surface area contributed by atoms with Crippen molar-refractivity contribution >= 4 is 32.9 Å². The van der Waals surface area contributed by atoms with Gasteiger partial charge in [0.05, 0.1) is 23.3 Å². The van der Waals surface area contributed by atoms with E-state index in [-0.39, 0.29) is 16.5 Å². The molecule has 92 valence electrons. The second kappa shape index (κ2) is 4.53. The second-order valence-electron chi connectivity index (χ2n) is 3.77. The minimum atomic E-state index is -2.91. The van der Waals surface area contributed by atoms with Gasteiger partial charge in [0, 0.05) is 13.1 Å². The van der Waals surface area contributed by atoms with Gasteiger partial charge in [-0.2, -0.15) is 5.10 Å². The highest BCUT2D eigenvalue weighted by Gasteiger charge is 2.24. The molecule has 6 nitrogen and oxygen atoms in total. The molecule has 2 N–H and O–H groups in total. The minimum absolute atomic E-state index is 0.125. The maximum Gasteiger partial charge on any atom is 0.161 e. The van der Waals surface area contributed by atoms with Crippen LogP contribution in [0.15, 0.2) is 12.3 Å². The molecule has 8 heteroatoms. The summed E-state index contributed by atoms with van der Waals surface area (Å²) >= 11 is 4.93. The van der Waals surface area contributed by atoms with Crippen molar-refractivity contribution in [2.75, 3.05) is 29.5 Å². The van der Waals surface area contributed by atoms with E-state index in [4.69, 9.17) is 18.0 Å². The van der Waals surface area contributed by atoms with Crippen LogP contribution in [0.3, 0.4) is 0 Å². The van der Waals surface area contributed by atoms with Gasteiger partial charge in [0.25, 0.3) is 0 Å². The number of hydrogen-bond donors (Lipinski definition) is 1. The molecule has 0 unspecified atom stereocenters. The lowest BCUT2D eigenvalue weighted by Crippen LogP contribution is -2.41. The largest absolute Gasteiger partial charge is 0.389 e. The van der Waals surface area contributed by atoms with E-state index in [0.717, 1.165) is 0 Å². The summed E-state index contributed by atoms with van der Waals surface area (Å²) in [4.78, 5) is 2.09. The number of sulfone groups is 1. The van der Waals surface area contributed by atoms with Gasteiger partial charge in [-0.15, -0.1) is 5.10 Å². The Morgan fingerprint density at radius 1 is 1.41 bits per heavy atom. The number of rotatable bonds is 2. The van der Waals surface area contributed by atoms with E-state index >= 15 is 0 Å². The monoisotopic (exact) mass is 272 g/mol. The third-order valence-corrected chi connectivity index (χ3v) is 4.44. The highest BCUT2D eigenvalue weighted by Crippen LogP contribution is 2.18. The predicted molar refractivity (Wildman–Crippen MR) is 68.8 cm³/mol. The average Bonchev–Trinajstić information content (AvgIpc) is 2.29. The summed E-state index contributed by atoms with van der Waals surface area (Å²) in [6.07, 6.45) is 1.51. The number of hydrogen-bond acceptors (Lipinski definition) is 6. The SMILES string of the molecule is NC(=S)c1ccnnc1N1CCS(=O)(=O)CC1. The summed E-state index contributed by atoms with van der Waals surface area (Å²) in [5.41, 5.74) is 6.23. The molecule has 0 radical (unpaired) electrons. The van der Waals surface area contributed by atoms with E-state index in [2.05, 4.69) is 10.2 Å². The maximum absolute atomic E-state index is 11.3. The third kappa shape index (κ3) is 2.70. The molecule has 2 heterocycles. The van der Waals surface area contributed by atoms with Gasteiger partial charge < -0.3 is 10.6 Å². The summed E-state index contributed by atoms with van der Waals surface area (Å²) in [7, 11) is -2.91. The first-order valence-corrected chi connectivity index (χ1v) is 7.29. The first-order valence-electron chi connectivity index (χ1n) is 5.06. The van der Waals surface area contributed by atoms with Gasteiger partial charge in [-0.1, -0.05) is 12.2 Å². The Bertz CT molecular complexity index is 530. The van der Waals surface area contributed by atoms with E-state index in [9.17, 15) is 8.42 Å². The molecule has 0 aliphatic carbocycles. The lowest BCUT2D eigenvalue weighted by Gasteiger charge is -2.28. The predicted octanol–water partition coefficient (Wildman–Crippen LogP) is -0.654. The van der Waals surface area contributed by atoms with E-state index in [1.54, 1.807) is 6.07 Å². The van der Waals surface area contributed by atoms with Crippen LogP contribution in [0.5, 0.6) is 0 Å². The van der Waals surface area contributed by atoms with Crippen molar-refractivity contribution in [3.63, 3.8) is 0 Å². The summed E-state index contributed by atoms with van der Waals surface area (Å²) in [6, 6.07) is 1.69. The van der Waals surface area contributed by atoms with Crippen molar-refractivity contribution in [1.82, 2.24) is 10.2 Å². The maximum atomic E-state index is 11.3. The Hall–Kier alpha value is -1.28. The van der Waals surface area contributed by atoms with Gasteiger partial charge in [-0.25, -0.2) is 8.42 Å². The van der Waals surface area contributed by atoms with E-state index in [0.29, 0.717) is 24.5 Å². The number of anilines is 1. The zero-order chi connectivity index (χ0) is 12.5. The zero-order valence-electron chi connectivity index (χ0n) is 9.04. The van der Waals surface area contributed by atoms with Crippen LogP contribution in [0.4, 0.5) is 5.82 Å². The van der Waals surface area contributed by atoms with Crippen molar-refractivity contribution in [2.45, 2.75) is 0 Å². The van der Waals surface area contributed by atoms with Crippen LogP contribution in [0.25, 0.3) is 0 Å². The summed E-state index contributed by atoms with van der Waals surface area (Å²) < 4.78 is 22.7. The second-order valence-corrected chi connectivity index (χ2v) is 6.52. The zero-order valence-corrected chi connectivity index (χ0v) is 10.7. The molecule has 0 aromatic carbocycles. The molecule has 1 saturated heterocycles. The van der Waals surface area contributed by atoms with Gasteiger partial charge in [0.1, 0.15) is 4.99 Å². The van der Waals surface area contributed by atoms with Crippen molar-refractivity contribution in [3.8, 4) is 0 Å². The molecule has 1 fully saturated rings. The number of nitrogens with zero attached hydrogens (tertiary/aromatic N) is 3. The van der Waals surface area contributed by atoms with Crippen LogP contribution < -0.4 is 10.6 Å². The first-order chi connectivity index (χ1) is 7.99. The van der Waals surface area contributed by atoms with Gasteiger partial charge in [0.15, 0.2) is 15.7 Å². The fourth-order valence-corrected chi connectivity index (χ4v) is 3.04. The lowest BCUT2D eigenvalue weighted by molar-refractivity contribution is 0.586. The van der Waals surface area contributed by atoms with Crippen molar-refractivity contribution in [2.24, 2.45) is 5.73 Å². The molecule has 1 aliphatic rings. The molecule has 1 aliphatic heterocycles. The molecule has 17 heavy (non-hydrogen) atoms. The van der Waals surface area contributed by atoms with Gasteiger partial charge in [0.2, 0.25) is 0 Å². The number of nitrogens with two attached hydrogens (primary N) is 1. The standard InChI is InChI=1S/C9H12N4O2S2/c10-8(16)7-1-2-11-12-9(7)13-3-5-17(14,15)6-4-13/h1-2H,3-6H2,(H2,10,16). The normalized spacial score (nSPS) is 18.9. The molecule has 0 bridgehead atoms. The molecular formula is C9H12N4O2S2. The quantitative estimate of drug-likeness (QED) is 0.715. The third-order valence-electron chi connectivity index (χ3n) is 2.61. The van der Waals surface area contributed by atoms with Gasteiger partial charge in [-0.3, -0.25) is 0 Å². The summed E-state index contributed by atoms with van der Waals surface area (Å²) in [6.45, 7) is 0.799. The van der Waals surface area contributed by atoms with E-state index in [1.807, 2.05) is 4.90 Å². The highest BCUT2D eigenvalue weighted by molar-refractivity contribution is 7.91. The Morgan fingerprint density at radius 2 is 2.06 bits per heavy atom. The van der Waals surface area contributed by atoms with Crippen molar-refractivity contribution in [1.29, 1.82) is 0 Å². The molecule has 0 amide bonds. The van der Waals surface area contributed by atoms with Crippen LogP contribution >= 0.6 is 12.2 Å². The molecule has 1 aromatic heterocycles. The topological polar surface area (TPSA) is 89.2 Å². The molecule has 1 aromatic rings. The smallest absolute Gasteiger partial charge is 0.161 e.